The summed E-state index contributed by atoms with van der Waals surface area (Å²) >= 11 is 0. The zero-order valence-corrected chi connectivity index (χ0v) is 13.1. The van der Waals surface area contributed by atoms with Gasteiger partial charge in [0.2, 0.25) is 0 Å². The van der Waals surface area contributed by atoms with Crippen LogP contribution in [0.2, 0.25) is 0 Å². The Morgan fingerprint density at radius 3 is 2.56 bits per heavy atom. The number of pyridine rings is 1. The maximum Gasteiger partial charge on any atom is 0.489 e. The molecule has 0 amide bonds. The Morgan fingerprint density at radius 1 is 1.24 bits per heavy atom. The molecular weight excluding hydrogens is 335 g/mol. The van der Waals surface area contributed by atoms with Gasteiger partial charge in [-0.15, -0.1) is 13.2 Å². The predicted molar refractivity (Wildman–Crippen MR) is 87.2 cm³/mol. The molecule has 0 saturated carbocycles. The summed E-state index contributed by atoms with van der Waals surface area (Å²) in [6, 6.07) is 7.36. The number of alkyl halides is 3. The molecule has 0 atom stereocenters. The molecule has 3 aromatic rings. The third-order valence-corrected chi connectivity index (χ3v) is 3.65. The molecule has 0 saturated heterocycles. The fraction of sp³-hybridized carbons (Fsp3) is 0.188. The summed E-state index contributed by atoms with van der Waals surface area (Å²) in [6.07, 6.45) is -1.22. The van der Waals surface area contributed by atoms with Crippen molar-refractivity contribution in [2.75, 3.05) is 4.90 Å². The highest BCUT2D eigenvalue weighted by atomic mass is 19.4. The quantitative estimate of drug-likeness (QED) is 0.336. The average Bonchev–Trinajstić information content (AvgIpc) is 3.00. The monoisotopic (exact) mass is 349 g/mol. The van der Waals surface area contributed by atoms with Crippen molar-refractivity contribution in [1.29, 1.82) is 0 Å². The van der Waals surface area contributed by atoms with E-state index in [0.29, 0.717) is 12.2 Å². The molecule has 0 aliphatic carbocycles. The molecule has 3 rings (SSSR count). The molecule has 0 aliphatic rings. The van der Waals surface area contributed by atoms with E-state index in [9.17, 15) is 13.2 Å². The third kappa shape index (κ3) is 3.00. The highest BCUT2D eigenvalue weighted by Crippen LogP contribution is 2.41. The number of oxime groups is 1. The number of halogens is 3. The van der Waals surface area contributed by atoms with Crippen LogP contribution < -0.4 is 4.90 Å². The fourth-order valence-corrected chi connectivity index (χ4v) is 2.65. The second-order valence-electron chi connectivity index (χ2n) is 5.14. The maximum absolute atomic E-state index is 13.9. The molecule has 1 aromatic carbocycles. The number of fused-ring (bicyclic) bond motifs is 1. The Kier molecular flexibility index (Phi) is 4.30. The number of aromatic nitrogens is 3. The Morgan fingerprint density at radius 2 is 1.96 bits per heavy atom. The van der Waals surface area contributed by atoms with Gasteiger partial charge in [0.25, 0.3) is 0 Å². The molecule has 0 fully saturated rings. The van der Waals surface area contributed by atoms with Crippen molar-refractivity contribution in [1.82, 2.24) is 14.8 Å². The molecule has 6 nitrogen and oxygen atoms in total. The minimum atomic E-state index is -4.71. The zero-order chi connectivity index (χ0) is 18.0. The van der Waals surface area contributed by atoms with Gasteiger partial charge in [0.1, 0.15) is 0 Å². The van der Waals surface area contributed by atoms with Crippen LogP contribution in [0.25, 0.3) is 11.0 Å². The maximum atomic E-state index is 13.9. The molecule has 25 heavy (non-hydrogen) atoms. The van der Waals surface area contributed by atoms with Crippen molar-refractivity contribution in [3.05, 3.63) is 48.3 Å². The largest absolute Gasteiger partial charge is 0.489 e. The lowest BCUT2D eigenvalue weighted by Crippen LogP contribution is -2.34. The first-order chi connectivity index (χ1) is 12.0. The van der Waals surface area contributed by atoms with Crippen molar-refractivity contribution < 1.29 is 18.4 Å². The van der Waals surface area contributed by atoms with Crippen LogP contribution in [-0.2, 0) is 6.54 Å². The highest BCUT2D eigenvalue weighted by molar-refractivity contribution is 6.02. The number of rotatable bonds is 4. The summed E-state index contributed by atoms with van der Waals surface area (Å²) in [5, 5.41) is 16.0. The van der Waals surface area contributed by atoms with Crippen molar-refractivity contribution in [2.45, 2.75) is 19.8 Å². The van der Waals surface area contributed by atoms with Crippen LogP contribution in [0.4, 0.5) is 24.5 Å². The van der Waals surface area contributed by atoms with Gasteiger partial charge in [-0.2, -0.15) is 5.10 Å². The molecule has 0 unspecified atom stereocenters. The van der Waals surface area contributed by atoms with Crippen molar-refractivity contribution >= 4 is 28.6 Å². The Bertz CT molecular complexity index is 905. The number of aryl methyl sites for hydroxylation is 1. The summed E-state index contributed by atoms with van der Waals surface area (Å²) in [4.78, 5) is 4.39. The fourth-order valence-electron chi connectivity index (χ4n) is 2.65. The Hall–Kier alpha value is -3.10. The molecule has 2 heterocycles. The summed E-state index contributed by atoms with van der Waals surface area (Å²) in [5.41, 5.74) is 0.0742. The lowest BCUT2D eigenvalue weighted by molar-refractivity contribution is -0.120. The first-order valence-corrected chi connectivity index (χ1v) is 7.41. The van der Waals surface area contributed by atoms with Crippen LogP contribution in [-0.4, -0.2) is 32.5 Å². The molecule has 0 bridgehead atoms. The third-order valence-electron chi connectivity index (χ3n) is 3.65. The number of hydrogen-bond acceptors (Lipinski definition) is 5. The molecule has 2 aromatic heterocycles. The van der Waals surface area contributed by atoms with Gasteiger partial charge in [0.15, 0.2) is 5.65 Å². The van der Waals surface area contributed by atoms with Crippen LogP contribution in [0.5, 0.6) is 0 Å². The van der Waals surface area contributed by atoms with Crippen molar-refractivity contribution in [3.8, 4) is 0 Å². The number of benzene rings is 1. The first-order valence-electron chi connectivity index (χ1n) is 7.41. The molecular formula is C16H14F3N5O. The van der Waals surface area contributed by atoms with Gasteiger partial charge in [-0.1, -0.05) is 23.4 Å². The average molecular weight is 349 g/mol. The molecule has 130 valence electrons. The highest BCUT2D eigenvalue weighted by Gasteiger charge is 2.41. The Labute approximate surface area is 140 Å². The molecule has 9 heteroatoms. The summed E-state index contributed by atoms with van der Waals surface area (Å²) in [6.45, 7) is 2.27. The van der Waals surface area contributed by atoms with Crippen LogP contribution in [0.15, 0.2) is 47.9 Å². The summed E-state index contributed by atoms with van der Waals surface area (Å²) in [5.74, 6) is 0. The minimum absolute atomic E-state index is 0.0202. The SMILES string of the molecule is CCn1ncc2c(N(c3ccccc3)C(F)(F)F)c(C=NO)cnc21. The van der Waals surface area contributed by atoms with Crippen LogP contribution in [0, 0.1) is 0 Å². The van der Waals surface area contributed by atoms with E-state index in [-0.39, 0.29) is 27.2 Å². The number of hydrogen-bond donors (Lipinski definition) is 1. The van der Waals surface area contributed by atoms with Gasteiger partial charge < -0.3 is 5.21 Å². The standard InChI is InChI=1S/C16H14F3N5O/c1-2-23-15-13(10-21-23)14(11(8-20-15)9-22-25)24(16(17,18)19)12-6-4-3-5-7-12/h3-10,25H,2H2,1H3. The van der Waals surface area contributed by atoms with Crippen LogP contribution in [0.1, 0.15) is 12.5 Å². The van der Waals surface area contributed by atoms with Gasteiger partial charge in [0, 0.05) is 24.0 Å². The lowest BCUT2D eigenvalue weighted by Gasteiger charge is -2.28. The second-order valence-corrected chi connectivity index (χ2v) is 5.14. The predicted octanol–water partition coefficient (Wildman–Crippen LogP) is 3.92. The van der Waals surface area contributed by atoms with Gasteiger partial charge in [-0.25, -0.2) is 9.67 Å². The van der Waals surface area contributed by atoms with Gasteiger partial charge in [-0.05, 0) is 19.1 Å². The number of anilines is 2. The molecule has 0 aliphatic heterocycles. The van der Waals surface area contributed by atoms with E-state index in [1.54, 1.807) is 6.07 Å². The van der Waals surface area contributed by atoms with Gasteiger partial charge in [-0.3, -0.25) is 4.90 Å². The second kappa shape index (κ2) is 6.42. The summed E-state index contributed by atoms with van der Waals surface area (Å²) < 4.78 is 43.2. The molecule has 0 spiro atoms. The molecule has 0 radical (unpaired) electrons. The molecule has 1 N–H and O–H groups in total. The van der Waals surface area contributed by atoms with Gasteiger partial charge >= 0.3 is 6.30 Å². The van der Waals surface area contributed by atoms with E-state index in [1.807, 2.05) is 6.92 Å². The topological polar surface area (TPSA) is 66.5 Å². The van der Waals surface area contributed by atoms with Crippen molar-refractivity contribution in [2.24, 2.45) is 5.16 Å². The van der Waals surface area contributed by atoms with Crippen LogP contribution in [0.3, 0.4) is 0 Å². The minimum Gasteiger partial charge on any atom is -0.411 e. The van der Waals surface area contributed by atoms with Crippen LogP contribution >= 0.6 is 0 Å². The van der Waals surface area contributed by atoms with E-state index in [4.69, 9.17) is 5.21 Å². The number of nitrogens with zero attached hydrogens (tertiary/aromatic N) is 5. The lowest BCUT2D eigenvalue weighted by atomic mass is 10.1. The number of para-hydroxylation sites is 1. The normalized spacial score (nSPS) is 12.2. The van der Waals surface area contributed by atoms with E-state index in [1.165, 1.54) is 41.3 Å². The first kappa shape index (κ1) is 16.7. The summed E-state index contributed by atoms with van der Waals surface area (Å²) in [7, 11) is 0. The zero-order valence-electron chi connectivity index (χ0n) is 13.1. The Balaban J connectivity index is 2.36. The van der Waals surface area contributed by atoms with Gasteiger partial charge in [0.05, 0.1) is 23.5 Å². The smallest absolute Gasteiger partial charge is 0.411 e. The van der Waals surface area contributed by atoms with Crippen molar-refractivity contribution in [3.63, 3.8) is 0 Å². The van der Waals surface area contributed by atoms with E-state index >= 15 is 0 Å². The van der Waals surface area contributed by atoms with E-state index in [2.05, 4.69) is 15.2 Å². The van der Waals surface area contributed by atoms with E-state index in [0.717, 1.165) is 6.21 Å². The van der Waals surface area contributed by atoms with E-state index < -0.39 is 6.30 Å².